The Balaban J connectivity index is 1.90. The molecule has 1 amide bonds. The van der Waals surface area contributed by atoms with Gasteiger partial charge in [0.15, 0.2) is 5.69 Å². The number of halogens is 5. The highest BCUT2D eigenvalue weighted by molar-refractivity contribution is 8.02. The van der Waals surface area contributed by atoms with Gasteiger partial charge in [0, 0.05) is 18.8 Å². The highest BCUT2D eigenvalue weighted by atomic mass is 35.5. The van der Waals surface area contributed by atoms with E-state index in [1.54, 1.807) is 31.3 Å². The summed E-state index contributed by atoms with van der Waals surface area (Å²) in [6.07, 6.45) is -3.36. The van der Waals surface area contributed by atoms with Crippen LogP contribution < -0.4 is 10.6 Å². The summed E-state index contributed by atoms with van der Waals surface area (Å²) in [5, 5.41) is 14.2. The zero-order valence-electron chi connectivity index (χ0n) is 16.8. The van der Waals surface area contributed by atoms with Crippen molar-refractivity contribution in [3.05, 3.63) is 75.3 Å². The highest BCUT2D eigenvalue weighted by Crippen LogP contribution is 2.40. The first-order chi connectivity index (χ1) is 15.5. The summed E-state index contributed by atoms with van der Waals surface area (Å²) in [6.45, 7) is 0. The Hall–Kier alpha value is -3.13. The molecule has 2 N–H and O–H groups in total. The van der Waals surface area contributed by atoms with E-state index in [1.807, 2.05) is 12.1 Å². The molecule has 0 spiro atoms. The third-order valence-corrected chi connectivity index (χ3v) is 5.89. The smallest absolute Gasteiger partial charge is 0.383 e. The lowest BCUT2D eigenvalue weighted by Crippen LogP contribution is -2.23. The van der Waals surface area contributed by atoms with Crippen molar-refractivity contribution in [2.45, 2.75) is 11.1 Å². The Labute approximate surface area is 201 Å². The van der Waals surface area contributed by atoms with Gasteiger partial charge in [-0.05, 0) is 29.7 Å². The van der Waals surface area contributed by atoms with Crippen molar-refractivity contribution in [3.8, 4) is 11.8 Å². The van der Waals surface area contributed by atoms with E-state index in [-0.39, 0.29) is 38.0 Å². The van der Waals surface area contributed by atoms with E-state index in [0.717, 1.165) is 16.4 Å². The van der Waals surface area contributed by atoms with E-state index in [2.05, 4.69) is 5.10 Å². The van der Waals surface area contributed by atoms with Crippen molar-refractivity contribution in [1.29, 1.82) is 5.26 Å². The third kappa shape index (κ3) is 5.27. The quantitative estimate of drug-likeness (QED) is 0.339. The molecule has 0 unspecified atom stereocenters. The molecule has 1 aromatic heterocycles. The molecule has 33 heavy (non-hydrogen) atoms. The Morgan fingerprint density at radius 2 is 1.85 bits per heavy atom. The summed E-state index contributed by atoms with van der Waals surface area (Å²) >= 11 is 13.0. The number of alkyl halides is 3. The number of carbonyl (C=O) groups is 1. The van der Waals surface area contributed by atoms with Crippen LogP contribution in [0.25, 0.3) is 5.69 Å². The predicted molar refractivity (Wildman–Crippen MR) is 123 cm³/mol. The minimum atomic E-state index is -4.65. The van der Waals surface area contributed by atoms with Crippen LogP contribution in [0.3, 0.4) is 0 Å². The van der Waals surface area contributed by atoms with Gasteiger partial charge in [0.1, 0.15) is 17.6 Å². The van der Waals surface area contributed by atoms with Crippen molar-refractivity contribution >= 4 is 52.4 Å². The van der Waals surface area contributed by atoms with Crippen molar-refractivity contribution in [3.63, 3.8) is 0 Å². The molecule has 0 aliphatic heterocycles. The van der Waals surface area contributed by atoms with Crippen LogP contribution in [0.1, 0.15) is 11.3 Å². The number of benzene rings is 2. The van der Waals surface area contributed by atoms with Crippen molar-refractivity contribution in [1.82, 2.24) is 9.78 Å². The lowest BCUT2D eigenvalue weighted by Gasteiger charge is -2.14. The van der Waals surface area contributed by atoms with Crippen LogP contribution >= 0.6 is 35.0 Å². The van der Waals surface area contributed by atoms with Gasteiger partial charge in [-0.3, -0.25) is 4.79 Å². The van der Waals surface area contributed by atoms with Gasteiger partial charge >= 0.3 is 6.18 Å². The molecule has 0 bridgehead atoms. The molecule has 2 aromatic carbocycles. The van der Waals surface area contributed by atoms with Gasteiger partial charge < -0.3 is 10.6 Å². The Bertz CT molecular complexity index is 1250. The highest BCUT2D eigenvalue weighted by Gasteiger charge is 2.32. The third-order valence-electron chi connectivity index (χ3n) is 4.41. The van der Waals surface area contributed by atoms with Crippen LogP contribution in [0.15, 0.2) is 58.8 Å². The number of likely N-dealkylation sites (N-methyl/N-ethyl adjacent to an activating group) is 1. The maximum absolute atomic E-state index is 13.0. The SMILES string of the molecule is CN(C(=O)/C=C\Sc1c(C#N)nn(-c2c(Cl)cc(C(F)(F)F)cc2Cl)c1N)c1ccccc1. The van der Waals surface area contributed by atoms with E-state index >= 15 is 0 Å². The Kier molecular flexibility index (Phi) is 7.27. The minimum absolute atomic E-state index is 0.0754. The van der Waals surface area contributed by atoms with E-state index < -0.39 is 11.7 Å². The lowest BCUT2D eigenvalue weighted by molar-refractivity contribution is -0.137. The van der Waals surface area contributed by atoms with Gasteiger partial charge in [-0.1, -0.05) is 53.2 Å². The van der Waals surface area contributed by atoms with E-state index in [1.165, 1.54) is 16.4 Å². The number of nitrogens with zero attached hydrogens (tertiary/aromatic N) is 4. The molecule has 3 rings (SSSR count). The van der Waals surface area contributed by atoms with Gasteiger partial charge in [-0.15, -0.1) is 0 Å². The van der Waals surface area contributed by atoms with Crippen LogP contribution in [0.4, 0.5) is 24.7 Å². The first kappa shape index (κ1) is 24.5. The van der Waals surface area contributed by atoms with Gasteiger partial charge in [0.05, 0.1) is 20.5 Å². The fraction of sp³-hybridized carbons (Fsp3) is 0.0952. The molecule has 0 aliphatic carbocycles. The molecule has 0 fully saturated rings. The largest absolute Gasteiger partial charge is 0.416 e. The Morgan fingerprint density at radius 1 is 1.24 bits per heavy atom. The number of aromatic nitrogens is 2. The summed E-state index contributed by atoms with van der Waals surface area (Å²) in [4.78, 5) is 14.0. The molecule has 0 atom stereocenters. The molecular formula is C21H14Cl2F3N5OS. The van der Waals surface area contributed by atoms with Crippen LogP contribution in [0.2, 0.25) is 10.0 Å². The number of nitriles is 1. The summed E-state index contributed by atoms with van der Waals surface area (Å²) in [5.74, 6) is -0.402. The van der Waals surface area contributed by atoms with Crippen LogP contribution in [-0.4, -0.2) is 22.7 Å². The number of nitrogens with two attached hydrogens (primary N) is 1. The zero-order valence-corrected chi connectivity index (χ0v) is 19.1. The first-order valence-corrected chi connectivity index (χ1v) is 10.7. The number of rotatable bonds is 5. The van der Waals surface area contributed by atoms with Crippen LogP contribution in [0.5, 0.6) is 0 Å². The van der Waals surface area contributed by atoms with Crippen LogP contribution in [-0.2, 0) is 11.0 Å². The van der Waals surface area contributed by atoms with Crippen LogP contribution in [0, 0.1) is 11.3 Å². The topological polar surface area (TPSA) is 87.9 Å². The molecule has 1 heterocycles. The Morgan fingerprint density at radius 3 is 2.39 bits per heavy atom. The molecule has 0 saturated heterocycles. The predicted octanol–water partition coefficient (Wildman–Crippen LogP) is 5.92. The van der Waals surface area contributed by atoms with E-state index in [0.29, 0.717) is 17.8 Å². The maximum Gasteiger partial charge on any atom is 0.416 e. The standard InChI is InChI=1S/C21H14Cl2F3N5OS/c1-30(13-5-3-2-4-6-13)17(32)7-8-33-19-16(11-27)29-31(20(19)28)18-14(22)9-12(10-15(18)23)21(24,25)26/h2-10H,28H2,1H3/b8-7-. The molecular weight excluding hydrogens is 498 g/mol. The van der Waals surface area contributed by atoms with Gasteiger partial charge in [-0.25, -0.2) is 4.68 Å². The number of thioether (sulfide) groups is 1. The average Bonchev–Trinajstić information content (AvgIpc) is 3.08. The summed E-state index contributed by atoms with van der Waals surface area (Å²) in [6, 6.07) is 12.2. The number of amides is 1. The fourth-order valence-electron chi connectivity index (χ4n) is 2.76. The normalized spacial score (nSPS) is 11.5. The molecule has 3 aromatic rings. The monoisotopic (exact) mass is 511 g/mol. The summed E-state index contributed by atoms with van der Waals surface area (Å²) in [5.41, 5.74) is 5.54. The molecule has 6 nitrogen and oxygen atoms in total. The van der Waals surface area contributed by atoms with Crippen molar-refractivity contribution < 1.29 is 18.0 Å². The number of hydrogen-bond donors (Lipinski definition) is 1. The van der Waals surface area contributed by atoms with Gasteiger partial charge in [0.25, 0.3) is 5.91 Å². The molecule has 12 heteroatoms. The number of para-hydroxylation sites is 1. The number of hydrogen-bond acceptors (Lipinski definition) is 5. The number of anilines is 2. The van der Waals surface area contributed by atoms with Crippen molar-refractivity contribution in [2.75, 3.05) is 17.7 Å². The lowest BCUT2D eigenvalue weighted by atomic mass is 10.2. The second-order valence-corrected chi connectivity index (χ2v) is 8.26. The summed E-state index contributed by atoms with van der Waals surface area (Å²) in [7, 11) is 1.61. The van der Waals surface area contributed by atoms with Gasteiger partial charge in [-0.2, -0.15) is 23.5 Å². The molecule has 0 saturated carbocycles. The minimum Gasteiger partial charge on any atom is -0.383 e. The number of nitrogen functional groups attached to an aromatic ring is 1. The molecule has 0 aliphatic rings. The molecule has 170 valence electrons. The summed E-state index contributed by atoms with van der Waals surface area (Å²) < 4.78 is 40.0. The maximum atomic E-state index is 13.0. The second-order valence-electron chi connectivity index (χ2n) is 6.53. The van der Waals surface area contributed by atoms with E-state index in [4.69, 9.17) is 28.9 Å². The first-order valence-electron chi connectivity index (χ1n) is 9.05. The fourth-order valence-corrected chi connectivity index (χ4v) is 4.13. The van der Waals surface area contributed by atoms with Crippen molar-refractivity contribution in [2.24, 2.45) is 0 Å². The zero-order chi connectivity index (χ0) is 24.3. The number of carbonyl (C=O) groups excluding carboxylic acids is 1. The average molecular weight is 512 g/mol. The van der Waals surface area contributed by atoms with Gasteiger partial charge in [0.2, 0.25) is 0 Å². The second kappa shape index (κ2) is 9.79. The molecule has 0 radical (unpaired) electrons. The van der Waals surface area contributed by atoms with E-state index in [9.17, 15) is 23.2 Å².